The predicted molar refractivity (Wildman–Crippen MR) is 41.9 cm³/mol. The Bertz CT molecular complexity index is 219. The third-order valence-corrected chi connectivity index (χ3v) is 1.26. The number of likely N-dealkylation sites (N-methyl/N-ethyl adjacent to an activating group) is 1. The van der Waals surface area contributed by atoms with Gasteiger partial charge in [0.1, 0.15) is 12.5 Å². The van der Waals surface area contributed by atoms with Crippen LogP contribution in [0.1, 0.15) is 13.3 Å². The minimum absolute atomic E-state index is 0.221. The van der Waals surface area contributed by atoms with Gasteiger partial charge in [0, 0.05) is 7.05 Å². The van der Waals surface area contributed by atoms with Gasteiger partial charge in [-0.1, -0.05) is 0 Å². The smallest absolute Gasteiger partial charge is 0.242 e. The van der Waals surface area contributed by atoms with E-state index >= 15 is 0 Å². The molecule has 0 fully saturated rings. The fourth-order valence-electron chi connectivity index (χ4n) is 0.646. The van der Waals surface area contributed by atoms with Gasteiger partial charge in [-0.15, -0.1) is 0 Å². The van der Waals surface area contributed by atoms with Gasteiger partial charge < -0.3 is 10.6 Å². The molecule has 0 aliphatic carbocycles. The van der Waals surface area contributed by atoms with Crippen LogP contribution in [0.3, 0.4) is 0 Å². The van der Waals surface area contributed by atoms with E-state index in [-0.39, 0.29) is 12.3 Å². The van der Waals surface area contributed by atoms with Crippen LogP contribution in [0.2, 0.25) is 0 Å². The molecule has 2 amide bonds. The molecule has 0 aromatic heterocycles. The van der Waals surface area contributed by atoms with Crippen LogP contribution >= 0.6 is 0 Å². The van der Waals surface area contributed by atoms with Crippen LogP contribution in [0.5, 0.6) is 0 Å². The second-order valence-corrected chi connectivity index (χ2v) is 2.24. The number of carbonyl (C=O) groups is 2. The van der Waals surface area contributed by atoms with Crippen molar-refractivity contribution in [2.24, 2.45) is 0 Å². The fourth-order valence-corrected chi connectivity index (χ4v) is 0.646. The summed E-state index contributed by atoms with van der Waals surface area (Å²) in [6.45, 7) is 1.55. The van der Waals surface area contributed by atoms with Gasteiger partial charge in [0.2, 0.25) is 11.8 Å². The van der Waals surface area contributed by atoms with E-state index in [1.165, 1.54) is 7.05 Å². The summed E-state index contributed by atoms with van der Waals surface area (Å²) in [5.41, 5.74) is 0. The molecule has 0 spiro atoms. The van der Waals surface area contributed by atoms with Crippen LogP contribution in [-0.4, -0.2) is 24.9 Å². The van der Waals surface area contributed by atoms with Crippen molar-refractivity contribution >= 4 is 11.8 Å². The number of nitrogens with zero attached hydrogens (tertiary/aromatic N) is 1. The van der Waals surface area contributed by atoms with Crippen molar-refractivity contribution in [3.8, 4) is 6.07 Å². The van der Waals surface area contributed by atoms with Gasteiger partial charge in [-0.25, -0.2) is 0 Å². The highest BCUT2D eigenvalue weighted by atomic mass is 16.2. The average Bonchev–Trinajstić information content (AvgIpc) is 2.03. The lowest BCUT2D eigenvalue weighted by Crippen LogP contribution is -2.43. The maximum Gasteiger partial charge on any atom is 0.242 e. The molecular formula is C7H11N3O2. The normalized spacial score (nSPS) is 11.1. The van der Waals surface area contributed by atoms with E-state index < -0.39 is 11.9 Å². The number of nitrogens with one attached hydrogen (secondary N) is 2. The molecular weight excluding hydrogens is 158 g/mol. The molecule has 0 saturated heterocycles. The molecule has 2 N–H and O–H groups in total. The molecule has 0 saturated carbocycles. The van der Waals surface area contributed by atoms with Crippen LogP contribution in [-0.2, 0) is 9.59 Å². The summed E-state index contributed by atoms with van der Waals surface area (Å²) < 4.78 is 0. The first kappa shape index (κ1) is 10.4. The Labute approximate surface area is 70.7 Å². The first-order chi connectivity index (χ1) is 5.61. The minimum atomic E-state index is -0.587. The maximum absolute atomic E-state index is 10.8. The highest BCUT2D eigenvalue weighted by molar-refractivity contribution is 5.87. The summed E-state index contributed by atoms with van der Waals surface area (Å²) in [7, 11) is 1.48. The largest absolute Gasteiger partial charge is 0.357 e. The molecule has 1 atom stereocenters. The Balaban J connectivity index is 3.85. The molecule has 12 heavy (non-hydrogen) atoms. The molecule has 0 aliphatic rings. The second kappa shape index (κ2) is 5.13. The highest BCUT2D eigenvalue weighted by Gasteiger charge is 2.12. The van der Waals surface area contributed by atoms with Crippen LogP contribution in [0, 0.1) is 11.3 Å². The molecule has 0 heterocycles. The van der Waals surface area contributed by atoms with Gasteiger partial charge in [0.25, 0.3) is 0 Å². The number of hydrogen-bond donors (Lipinski definition) is 2. The standard InChI is InChI=1S/C7H11N3O2/c1-5(7(12)9-2)10-6(11)3-4-8/h5H,3H2,1-2H3,(H,9,12)(H,10,11). The Morgan fingerprint density at radius 1 is 1.58 bits per heavy atom. The van der Waals surface area contributed by atoms with Crippen LogP contribution in [0.4, 0.5) is 0 Å². The van der Waals surface area contributed by atoms with Crippen molar-refractivity contribution in [2.45, 2.75) is 19.4 Å². The zero-order chi connectivity index (χ0) is 9.56. The molecule has 0 rings (SSSR count). The van der Waals surface area contributed by atoms with Crippen molar-refractivity contribution in [2.75, 3.05) is 7.05 Å². The Morgan fingerprint density at radius 2 is 2.17 bits per heavy atom. The van der Waals surface area contributed by atoms with Crippen molar-refractivity contribution in [1.82, 2.24) is 10.6 Å². The second-order valence-electron chi connectivity index (χ2n) is 2.24. The van der Waals surface area contributed by atoms with E-state index in [2.05, 4.69) is 10.6 Å². The molecule has 66 valence electrons. The molecule has 0 radical (unpaired) electrons. The number of nitriles is 1. The summed E-state index contributed by atoms with van der Waals surface area (Å²) in [6, 6.07) is 1.10. The van der Waals surface area contributed by atoms with E-state index in [0.717, 1.165) is 0 Å². The number of hydrogen-bond acceptors (Lipinski definition) is 3. The van der Waals surface area contributed by atoms with E-state index in [4.69, 9.17) is 5.26 Å². The first-order valence-corrected chi connectivity index (χ1v) is 3.49. The quantitative estimate of drug-likeness (QED) is 0.577. The Hall–Kier alpha value is -1.57. The van der Waals surface area contributed by atoms with Crippen LogP contribution in [0.15, 0.2) is 0 Å². The maximum atomic E-state index is 10.8. The zero-order valence-corrected chi connectivity index (χ0v) is 7.05. The monoisotopic (exact) mass is 169 g/mol. The molecule has 5 nitrogen and oxygen atoms in total. The van der Waals surface area contributed by atoms with E-state index in [0.29, 0.717) is 0 Å². The first-order valence-electron chi connectivity index (χ1n) is 3.49. The van der Waals surface area contributed by atoms with Gasteiger partial charge >= 0.3 is 0 Å². The van der Waals surface area contributed by atoms with Crippen LogP contribution < -0.4 is 10.6 Å². The van der Waals surface area contributed by atoms with Gasteiger partial charge in [-0.05, 0) is 6.92 Å². The van der Waals surface area contributed by atoms with Gasteiger partial charge in [-0.3, -0.25) is 9.59 Å². The van der Waals surface area contributed by atoms with Gasteiger partial charge in [0.05, 0.1) is 6.07 Å². The third-order valence-electron chi connectivity index (χ3n) is 1.26. The summed E-state index contributed by atoms with van der Waals surface area (Å²) in [5, 5.41) is 12.9. The molecule has 5 heteroatoms. The minimum Gasteiger partial charge on any atom is -0.357 e. The summed E-state index contributed by atoms with van der Waals surface area (Å²) in [4.78, 5) is 21.6. The Kier molecular flexibility index (Phi) is 4.46. The zero-order valence-electron chi connectivity index (χ0n) is 7.05. The number of carbonyl (C=O) groups excluding carboxylic acids is 2. The van der Waals surface area contributed by atoms with Crippen molar-refractivity contribution in [3.63, 3.8) is 0 Å². The van der Waals surface area contributed by atoms with E-state index in [1.54, 1.807) is 13.0 Å². The summed E-state index contributed by atoms with van der Waals surface area (Å²) in [6.07, 6.45) is -0.221. The Morgan fingerprint density at radius 3 is 2.58 bits per heavy atom. The SMILES string of the molecule is CNC(=O)C(C)NC(=O)CC#N. The van der Waals surface area contributed by atoms with E-state index in [9.17, 15) is 9.59 Å². The molecule has 0 aliphatic heterocycles. The lowest BCUT2D eigenvalue weighted by atomic mass is 10.3. The third kappa shape index (κ3) is 3.56. The van der Waals surface area contributed by atoms with Gasteiger partial charge in [0.15, 0.2) is 0 Å². The predicted octanol–water partition coefficient (Wildman–Crippen LogP) is -0.849. The number of amides is 2. The van der Waals surface area contributed by atoms with E-state index in [1.807, 2.05) is 0 Å². The fraction of sp³-hybridized carbons (Fsp3) is 0.571. The lowest BCUT2D eigenvalue weighted by Gasteiger charge is -2.10. The summed E-state index contributed by atoms with van der Waals surface area (Å²) in [5.74, 6) is -0.713. The molecule has 1 unspecified atom stereocenters. The van der Waals surface area contributed by atoms with Crippen molar-refractivity contribution in [3.05, 3.63) is 0 Å². The molecule has 0 aromatic carbocycles. The highest BCUT2D eigenvalue weighted by Crippen LogP contribution is 1.83. The van der Waals surface area contributed by atoms with Crippen molar-refractivity contribution < 1.29 is 9.59 Å². The topological polar surface area (TPSA) is 82.0 Å². The average molecular weight is 169 g/mol. The molecule has 0 aromatic rings. The molecule has 0 bridgehead atoms. The van der Waals surface area contributed by atoms with Crippen LogP contribution in [0.25, 0.3) is 0 Å². The summed E-state index contributed by atoms with van der Waals surface area (Å²) >= 11 is 0. The van der Waals surface area contributed by atoms with Gasteiger partial charge in [-0.2, -0.15) is 5.26 Å². The lowest BCUT2D eigenvalue weighted by molar-refractivity contribution is -0.127. The number of rotatable bonds is 3. The van der Waals surface area contributed by atoms with Crippen molar-refractivity contribution in [1.29, 1.82) is 5.26 Å².